The summed E-state index contributed by atoms with van der Waals surface area (Å²) < 4.78 is 53.2. The fraction of sp³-hybridized carbons (Fsp3) is 0.545. The molecule has 0 aromatic heterocycles. The molecule has 1 aromatic rings. The number of aliphatic hydroxyl groups is 1. The van der Waals surface area contributed by atoms with Gasteiger partial charge in [0.15, 0.2) is 23.3 Å². The fourth-order valence-electron chi connectivity index (χ4n) is 4.10. The molecule has 0 unspecified atom stereocenters. The van der Waals surface area contributed by atoms with E-state index in [0.29, 0.717) is 0 Å². The summed E-state index contributed by atoms with van der Waals surface area (Å²) in [7, 11) is 1.26. The fourth-order valence-corrected chi connectivity index (χ4v) is 7.68. The molecule has 2 bridgehead atoms. The van der Waals surface area contributed by atoms with E-state index in [-0.39, 0.29) is 39.2 Å². The van der Waals surface area contributed by atoms with Crippen molar-refractivity contribution in [2.45, 2.75) is 70.4 Å². The Labute approximate surface area is 186 Å². The smallest absolute Gasteiger partial charge is 0.197 e. The molecule has 167 valence electrons. The maximum absolute atomic E-state index is 13.5. The minimum absolute atomic E-state index is 0. The van der Waals surface area contributed by atoms with Crippen LogP contribution in [-0.2, 0) is 20.1 Å². The van der Waals surface area contributed by atoms with Gasteiger partial charge in [-0.1, -0.05) is 73.8 Å². The number of allylic oxidation sites excluding steroid dienone is 4. The van der Waals surface area contributed by atoms with Gasteiger partial charge in [-0.15, -0.1) is 0 Å². The third-order valence-electron chi connectivity index (χ3n) is 4.85. The van der Waals surface area contributed by atoms with Crippen LogP contribution in [0.1, 0.15) is 64.5 Å². The molecule has 3 aliphatic rings. The van der Waals surface area contributed by atoms with Crippen LogP contribution in [-0.4, -0.2) is 29.2 Å². The van der Waals surface area contributed by atoms with Crippen molar-refractivity contribution in [3.63, 3.8) is 0 Å². The monoisotopic (exact) mass is 611 g/mol. The van der Waals surface area contributed by atoms with E-state index in [2.05, 4.69) is 41.5 Å². The van der Waals surface area contributed by atoms with Crippen molar-refractivity contribution in [3.05, 3.63) is 58.7 Å². The van der Waals surface area contributed by atoms with Crippen LogP contribution in [0.25, 0.3) is 0 Å². The van der Waals surface area contributed by atoms with Gasteiger partial charge in [-0.3, -0.25) is 0 Å². The molecule has 1 nitrogen and oxygen atoms in total. The molecule has 0 atom stereocenters. The zero-order valence-electron chi connectivity index (χ0n) is 17.9. The molecule has 29 heavy (non-hydrogen) atoms. The van der Waals surface area contributed by atoms with Crippen molar-refractivity contribution in [2.24, 2.45) is 0 Å². The molecule has 1 aromatic carbocycles. The average molecular weight is 611 g/mol. The maximum Gasteiger partial charge on any atom is 0.197 e. The standard InChI is InChI=1S/C12H6F4.C9H21P.CH4O.Ir/c13-9-7-5-1-2-6(4-3-5)8(7)10(14)12(16)11(9)15;1-7(2)10(8(3)4)9(5)6;1-2;/h1-6H;7-9H,1-6H3;2H,1H3;. The van der Waals surface area contributed by atoms with E-state index in [1.165, 1.54) is 0 Å². The van der Waals surface area contributed by atoms with Crippen LogP contribution < -0.4 is 0 Å². The molecule has 0 amide bonds. The van der Waals surface area contributed by atoms with Crippen LogP contribution in [0.3, 0.4) is 0 Å². The Morgan fingerprint density at radius 2 is 0.862 bits per heavy atom. The van der Waals surface area contributed by atoms with Crippen molar-refractivity contribution in [3.8, 4) is 0 Å². The van der Waals surface area contributed by atoms with E-state index in [0.717, 1.165) is 24.1 Å². The Balaban J connectivity index is 0.000000531. The number of halogens is 4. The predicted molar refractivity (Wildman–Crippen MR) is 111 cm³/mol. The van der Waals surface area contributed by atoms with Gasteiger partial charge in [-0.25, -0.2) is 17.6 Å². The Hall–Kier alpha value is -0.541. The summed E-state index contributed by atoms with van der Waals surface area (Å²) in [5.74, 6) is -7.01. The summed E-state index contributed by atoms with van der Waals surface area (Å²) in [6.07, 6.45) is 6.64. The molecular weight excluding hydrogens is 579 g/mol. The van der Waals surface area contributed by atoms with Crippen LogP contribution in [0.5, 0.6) is 0 Å². The zero-order chi connectivity index (χ0) is 21.8. The third kappa shape index (κ3) is 6.23. The predicted octanol–water partition coefficient (Wildman–Crippen LogP) is 6.85. The second kappa shape index (κ2) is 12.3. The van der Waals surface area contributed by atoms with E-state index in [4.69, 9.17) is 5.11 Å². The largest absolute Gasteiger partial charge is 0.400 e. The first-order valence-electron chi connectivity index (χ1n) is 9.52. The van der Waals surface area contributed by atoms with Crippen LogP contribution in [0, 0.1) is 23.3 Å². The SMILES string of the molecule is CC(C)P(C(C)C)C(C)C.CO.Fc1c(F)c(F)c2c(c1F)C1C=CC2C=C1.[Ir]. The van der Waals surface area contributed by atoms with Crippen molar-refractivity contribution < 1.29 is 42.8 Å². The van der Waals surface area contributed by atoms with Gasteiger partial charge < -0.3 is 5.11 Å². The zero-order valence-corrected chi connectivity index (χ0v) is 21.2. The number of benzene rings is 1. The topological polar surface area (TPSA) is 20.2 Å². The molecule has 0 spiro atoms. The summed E-state index contributed by atoms with van der Waals surface area (Å²) in [6.45, 7) is 14.1. The van der Waals surface area contributed by atoms with Crippen molar-refractivity contribution in [1.29, 1.82) is 0 Å². The molecule has 4 rings (SSSR count). The van der Waals surface area contributed by atoms with Crippen LogP contribution >= 0.6 is 7.92 Å². The first-order valence-corrected chi connectivity index (χ1v) is 11.1. The van der Waals surface area contributed by atoms with E-state index in [9.17, 15) is 17.6 Å². The summed E-state index contributed by atoms with van der Waals surface area (Å²) >= 11 is 0. The molecule has 7 heteroatoms. The first kappa shape index (κ1) is 28.5. The number of hydrogen-bond donors (Lipinski definition) is 1. The van der Waals surface area contributed by atoms with Crippen LogP contribution in [0.2, 0.25) is 0 Å². The van der Waals surface area contributed by atoms with E-state index in [1.54, 1.807) is 24.3 Å². The third-order valence-corrected chi connectivity index (χ3v) is 8.43. The van der Waals surface area contributed by atoms with Gasteiger partial charge in [0.25, 0.3) is 0 Å². The van der Waals surface area contributed by atoms with Crippen molar-refractivity contribution in [1.82, 2.24) is 0 Å². The average Bonchev–Trinajstić information content (AvgIpc) is 2.66. The molecule has 1 N–H and O–H groups in total. The molecule has 0 saturated heterocycles. The van der Waals surface area contributed by atoms with Crippen molar-refractivity contribution >= 4 is 7.92 Å². The van der Waals surface area contributed by atoms with Gasteiger partial charge in [0.05, 0.1) is 0 Å². The van der Waals surface area contributed by atoms with Gasteiger partial charge in [0, 0.05) is 50.2 Å². The van der Waals surface area contributed by atoms with E-state index in [1.807, 2.05) is 0 Å². The van der Waals surface area contributed by atoms with Gasteiger partial charge in [-0.2, -0.15) is 0 Å². The summed E-state index contributed by atoms with van der Waals surface area (Å²) in [6, 6.07) is 0. The van der Waals surface area contributed by atoms with Crippen LogP contribution in [0.4, 0.5) is 17.6 Å². The number of rotatable bonds is 3. The summed E-state index contributed by atoms with van der Waals surface area (Å²) in [5.41, 5.74) is 2.54. The summed E-state index contributed by atoms with van der Waals surface area (Å²) in [5, 5.41) is 7.00. The summed E-state index contributed by atoms with van der Waals surface area (Å²) in [4.78, 5) is 0. The Bertz CT molecular complexity index is 652. The normalized spacial score (nSPS) is 18.3. The van der Waals surface area contributed by atoms with Gasteiger partial charge in [0.1, 0.15) is 0 Å². The van der Waals surface area contributed by atoms with Crippen molar-refractivity contribution in [2.75, 3.05) is 7.11 Å². The Morgan fingerprint density at radius 1 is 0.621 bits per heavy atom. The number of aliphatic hydroxyl groups excluding tert-OH is 1. The van der Waals surface area contributed by atoms with E-state index < -0.39 is 35.1 Å². The molecule has 0 saturated carbocycles. The van der Waals surface area contributed by atoms with Crippen LogP contribution in [0.15, 0.2) is 24.3 Å². The molecular formula is C22H31F4IrOP. The van der Waals surface area contributed by atoms with Gasteiger partial charge in [-0.05, 0) is 17.0 Å². The minimum atomic E-state index is -1.73. The first-order chi connectivity index (χ1) is 13.1. The van der Waals surface area contributed by atoms with Gasteiger partial charge in [0.2, 0.25) is 0 Å². The molecule has 1 radical (unpaired) electrons. The molecule has 0 aliphatic heterocycles. The number of hydrogen-bond acceptors (Lipinski definition) is 1. The second-order valence-corrected chi connectivity index (χ2v) is 11.6. The Kier molecular flexibility index (Phi) is 12.1. The van der Waals surface area contributed by atoms with E-state index >= 15 is 0 Å². The molecule has 0 heterocycles. The van der Waals surface area contributed by atoms with Gasteiger partial charge >= 0.3 is 0 Å². The minimum Gasteiger partial charge on any atom is -0.400 e. The Morgan fingerprint density at radius 3 is 1.03 bits per heavy atom. The molecule has 3 aliphatic carbocycles. The maximum atomic E-state index is 13.5. The molecule has 0 fully saturated rings. The second-order valence-electron chi connectivity index (χ2n) is 7.63. The quantitative estimate of drug-likeness (QED) is 0.131.